The minimum Gasteiger partial charge on any atom is -0.294 e. The third-order valence-electron chi connectivity index (χ3n) is 4.02. The molecule has 2 aromatic rings. The molecule has 0 aromatic heterocycles. The fourth-order valence-corrected chi connectivity index (χ4v) is 3.03. The van der Waals surface area contributed by atoms with Gasteiger partial charge in [-0.2, -0.15) is 4.98 Å². The number of rotatable bonds is 1. The molecule has 6 heteroatoms. The van der Waals surface area contributed by atoms with Crippen LogP contribution in [0.25, 0.3) is 28.0 Å². The second-order valence-electron chi connectivity index (χ2n) is 5.51. The molecular weight excluding hydrogens is 326 g/mol. The van der Waals surface area contributed by atoms with Gasteiger partial charge in [0.25, 0.3) is 5.56 Å². The van der Waals surface area contributed by atoms with Crippen molar-refractivity contribution in [1.82, 2.24) is 14.1 Å². The monoisotopic (exact) mass is 337 g/mol. The Morgan fingerprint density at radius 1 is 1.00 bits per heavy atom. The highest BCUT2D eigenvalue weighted by Crippen LogP contribution is 2.28. The molecule has 0 unspecified atom stereocenters. The van der Waals surface area contributed by atoms with Gasteiger partial charge in [0.05, 0.1) is 11.1 Å². The number of hydrogen-bond donors (Lipinski definition) is 0. The van der Waals surface area contributed by atoms with Gasteiger partial charge in [0.2, 0.25) is 0 Å². The lowest BCUT2D eigenvalue weighted by molar-refractivity contribution is 0.766. The molecule has 0 fully saturated rings. The molecule has 0 atom stereocenters. The van der Waals surface area contributed by atoms with E-state index in [0.717, 1.165) is 21.2 Å². The first-order valence-corrected chi connectivity index (χ1v) is 7.71. The fourth-order valence-electron chi connectivity index (χ4n) is 2.85. The predicted octanol–water partition coefficient (Wildman–Crippen LogP) is 2.84. The van der Waals surface area contributed by atoms with Crippen LogP contribution in [0.5, 0.6) is 0 Å². The van der Waals surface area contributed by atoms with Crippen molar-refractivity contribution in [2.45, 2.75) is 0 Å². The Bertz CT molecular complexity index is 1180. The van der Waals surface area contributed by atoms with E-state index >= 15 is 0 Å². The van der Waals surface area contributed by atoms with Crippen LogP contribution in [0, 0.1) is 0 Å². The lowest BCUT2D eigenvalue weighted by Gasteiger charge is -2.18. The van der Waals surface area contributed by atoms with E-state index in [9.17, 15) is 9.59 Å². The van der Waals surface area contributed by atoms with Gasteiger partial charge in [-0.15, -0.1) is 0 Å². The third kappa shape index (κ3) is 2.13. The SMILES string of the molecule is Cn1c(=O)nc2n(-c3cccc(Cl)c3)c3ccccc3cc-2c1=O. The quantitative estimate of drug-likeness (QED) is 0.502. The zero-order valence-electron chi connectivity index (χ0n) is 12.7. The Kier molecular flexibility index (Phi) is 3.25. The summed E-state index contributed by atoms with van der Waals surface area (Å²) in [6, 6.07) is 16.6. The summed E-state index contributed by atoms with van der Waals surface area (Å²) in [6.45, 7) is 0. The molecule has 24 heavy (non-hydrogen) atoms. The molecule has 4 rings (SSSR count). The van der Waals surface area contributed by atoms with Crippen molar-refractivity contribution >= 4 is 22.5 Å². The van der Waals surface area contributed by atoms with Gasteiger partial charge in [-0.3, -0.25) is 13.9 Å². The van der Waals surface area contributed by atoms with E-state index in [1.807, 2.05) is 36.4 Å². The summed E-state index contributed by atoms with van der Waals surface area (Å²) in [5, 5.41) is 1.44. The molecule has 0 radical (unpaired) electrons. The van der Waals surface area contributed by atoms with Gasteiger partial charge < -0.3 is 0 Å². The minimum absolute atomic E-state index is 0.323. The van der Waals surface area contributed by atoms with Gasteiger partial charge in [-0.05, 0) is 35.7 Å². The summed E-state index contributed by atoms with van der Waals surface area (Å²) in [5.41, 5.74) is 1.01. The first-order chi connectivity index (χ1) is 11.6. The van der Waals surface area contributed by atoms with Crippen molar-refractivity contribution in [3.05, 3.63) is 80.5 Å². The van der Waals surface area contributed by atoms with Crippen molar-refractivity contribution in [3.63, 3.8) is 0 Å². The van der Waals surface area contributed by atoms with Crippen LogP contribution in [-0.2, 0) is 7.05 Å². The predicted molar refractivity (Wildman–Crippen MR) is 94.2 cm³/mol. The summed E-state index contributed by atoms with van der Waals surface area (Å²) in [4.78, 5) is 28.7. The highest BCUT2D eigenvalue weighted by atomic mass is 35.5. The first kappa shape index (κ1) is 14.7. The number of nitrogens with zero attached hydrogens (tertiary/aromatic N) is 3. The topological polar surface area (TPSA) is 56.9 Å². The molecule has 0 amide bonds. The molecule has 5 nitrogen and oxygen atoms in total. The van der Waals surface area contributed by atoms with Gasteiger partial charge in [-0.25, -0.2) is 4.79 Å². The number of hydrogen-bond acceptors (Lipinski definition) is 3. The van der Waals surface area contributed by atoms with Crippen molar-refractivity contribution in [3.8, 4) is 17.1 Å². The van der Waals surface area contributed by atoms with E-state index in [1.165, 1.54) is 7.05 Å². The second-order valence-corrected chi connectivity index (χ2v) is 5.95. The molecule has 0 aliphatic carbocycles. The van der Waals surface area contributed by atoms with Crippen LogP contribution in [0.15, 0.2) is 64.2 Å². The van der Waals surface area contributed by atoms with Crippen LogP contribution in [0.2, 0.25) is 5.02 Å². The van der Waals surface area contributed by atoms with Crippen molar-refractivity contribution in [2.24, 2.45) is 7.05 Å². The lowest BCUT2D eigenvalue weighted by Crippen LogP contribution is -2.35. The smallest absolute Gasteiger partial charge is 0.294 e. The van der Waals surface area contributed by atoms with E-state index in [0.29, 0.717) is 16.4 Å². The highest BCUT2D eigenvalue weighted by molar-refractivity contribution is 6.30. The molecule has 0 saturated heterocycles. The van der Waals surface area contributed by atoms with Crippen LogP contribution in [0.3, 0.4) is 0 Å². The van der Waals surface area contributed by atoms with Crippen LogP contribution < -0.4 is 11.2 Å². The molecule has 0 bridgehead atoms. The maximum atomic E-state index is 12.5. The van der Waals surface area contributed by atoms with Gasteiger partial charge in [-0.1, -0.05) is 35.9 Å². The number of halogens is 1. The van der Waals surface area contributed by atoms with E-state index in [1.54, 1.807) is 22.8 Å². The molecule has 2 heterocycles. The Morgan fingerprint density at radius 2 is 1.79 bits per heavy atom. The summed E-state index contributed by atoms with van der Waals surface area (Å²) < 4.78 is 2.80. The van der Waals surface area contributed by atoms with Gasteiger partial charge in [0.1, 0.15) is 0 Å². The van der Waals surface area contributed by atoms with Gasteiger partial charge >= 0.3 is 5.69 Å². The van der Waals surface area contributed by atoms with Crippen LogP contribution in [-0.4, -0.2) is 14.1 Å². The maximum absolute atomic E-state index is 12.5. The normalized spacial score (nSPS) is 11.2. The molecule has 2 aliphatic rings. The Hall–Kier alpha value is -2.92. The van der Waals surface area contributed by atoms with E-state index in [2.05, 4.69) is 4.98 Å². The summed E-state index contributed by atoms with van der Waals surface area (Å²) in [6.07, 6.45) is 0. The van der Waals surface area contributed by atoms with Crippen LogP contribution >= 0.6 is 11.6 Å². The molecule has 0 N–H and O–H groups in total. The Morgan fingerprint density at radius 3 is 2.58 bits per heavy atom. The average molecular weight is 338 g/mol. The average Bonchev–Trinajstić information content (AvgIpc) is 2.58. The molecule has 2 aromatic carbocycles. The summed E-state index contributed by atoms with van der Waals surface area (Å²) in [5.74, 6) is 0.323. The maximum Gasteiger partial charge on any atom is 0.352 e. The fraction of sp³-hybridized carbons (Fsp3) is 0.0556. The number of pyridine rings is 1. The highest BCUT2D eigenvalue weighted by Gasteiger charge is 2.19. The second kappa shape index (κ2) is 5.32. The Labute approximate surface area is 141 Å². The summed E-state index contributed by atoms with van der Waals surface area (Å²) in [7, 11) is 1.43. The minimum atomic E-state index is -0.585. The van der Waals surface area contributed by atoms with Crippen molar-refractivity contribution < 1.29 is 0 Å². The largest absolute Gasteiger partial charge is 0.352 e. The van der Waals surface area contributed by atoms with Gasteiger partial charge in [0.15, 0.2) is 5.82 Å². The third-order valence-corrected chi connectivity index (χ3v) is 4.26. The Balaban J connectivity index is 2.28. The molecule has 0 saturated carbocycles. The zero-order valence-corrected chi connectivity index (χ0v) is 13.5. The number of fused-ring (bicyclic) bond motifs is 2. The lowest BCUT2D eigenvalue weighted by atomic mass is 10.1. The van der Waals surface area contributed by atoms with E-state index in [4.69, 9.17) is 11.6 Å². The number of para-hydroxylation sites is 1. The first-order valence-electron chi connectivity index (χ1n) is 7.34. The van der Waals surface area contributed by atoms with Crippen LogP contribution in [0.4, 0.5) is 0 Å². The zero-order chi connectivity index (χ0) is 16.8. The van der Waals surface area contributed by atoms with Crippen LogP contribution in [0.1, 0.15) is 0 Å². The number of aromatic nitrogens is 3. The summed E-state index contributed by atoms with van der Waals surface area (Å²) >= 11 is 6.12. The molecular formula is C18H12ClN3O2. The molecule has 2 aliphatic heterocycles. The molecule has 118 valence electrons. The van der Waals surface area contributed by atoms with E-state index < -0.39 is 5.69 Å². The van der Waals surface area contributed by atoms with Crippen molar-refractivity contribution in [2.75, 3.05) is 0 Å². The van der Waals surface area contributed by atoms with Crippen molar-refractivity contribution in [1.29, 1.82) is 0 Å². The standard InChI is InChI=1S/C18H12ClN3O2/c1-21-17(23)14-9-11-5-2-3-8-15(11)22(16(14)20-18(21)24)13-7-4-6-12(19)10-13/h2-10H,1H3. The number of benzene rings is 2. The van der Waals surface area contributed by atoms with Gasteiger partial charge in [0, 0.05) is 17.8 Å². The van der Waals surface area contributed by atoms with E-state index in [-0.39, 0.29) is 5.56 Å². The molecule has 0 spiro atoms.